The van der Waals surface area contributed by atoms with E-state index in [9.17, 15) is 23.3 Å². The van der Waals surface area contributed by atoms with Crippen LogP contribution in [0.25, 0.3) is 28.6 Å². The van der Waals surface area contributed by atoms with E-state index in [1.165, 1.54) is 7.11 Å². The molecule has 0 saturated carbocycles. The maximum absolute atomic E-state index is 14.5. The van der Waals surface area contributed by atoms with E-state index < -0.39 is 27.7 Å². The second-order valence-corrected chi connectivity index (χ2v) is 14.7. The van der Waals surface area contributed by atoms with Crippen molar-refractivity contribution in [2.24, 2.45) is 5.92 Å². The summed E-state index contributed by atoms with van der Waals surface area (Å²) < 4.78 is 37.8. The molecule has 2 aliphatic heterocycles. The van der Waals surface area contributed by atoms with Crippen LogP contribution in [0.5, 0.6) is 11.5 Å². The van der Waals surface area contributed by atoms with E-state index in [0.29, 0.717) is 35.1 Å². The van der Waals surface area contributed by atoms with Crippen molar-refractivity contribution in [1.82, 2.24) is 14.7 Å². The minimum atomic E-state index is -3.45. The molecule has 0 bridgehead atoms. The van der Waals surface area contributed by atoms with Crippen LogP contribution in [0.2, 0.25) is 0 Å². The molecule has 3 heterocycles. The van der Waals surface area contributed by atoms with E-state index in [1.54, 1.807) is 41.2 Å². The summed E-state index contributed by atoms with van der Waals surface area (Å²) in [4.78, 5) is 29.2. The predicted octanol–water partition coefficient (Wildman–Crippen LogP) is 5.89. The van der Waals surface area contributed by atoms with Gasteiger partial charge in [-0.2, -0.15) is 10.4 Å². The predicted molar refractivity (Wildman–Crippen MR) is 186 cm³/mol. The van der Waals surface area contributed by atoms with E-state index in [0.717, 1.165) is 28.3 Å². The van der Waals surface area contributed by atoms with Gasteiger partial charge in [0.25, 0.3) is 11.8 Å². The monoisotopic (exact) mass is 676 g/mol. The number of methoxy groups -OCH3 is 1. The van der Waals surface area contributed by atoms with Crippen LogP contribution in [0.1, 0.15) is 37.8 Å². The van der Waals surface area contributed by atoms with Crippen LogP contribution in [-0.4, -0.2) is 66.2 Å². The molecule has 1 atom stereocenters. The van der Waals surface area contributed by atoms with E-state index >= 15 is 0 Å². The van der Waals surface area contributed by atoms with Crippen molar-refractivity contribution in [2.45, 2.75) is 32.7 Å². The molecule has 11 heteroatoms. The van der Waals surface area contributed by atoms with E-state index in [4.69, 9.17) is 14.6 Å². The first-order chi connectivity index (χ1) is 23.6. The number of para-hydroxylation sites is 1. The lowest BCUT2D eigenvalue weighted by Crippen LogP contribution is -2.49. The van der Waals surface area contributed by atoms with Crippen LogP contribution in [0.15, 0.2) is 96.2 Å². The Balaban J connectivity index is 1.52. The lowest BCUT2D eigenvalue weighted by Gasteiger charge is -2.32. The highest BCUT2D eigenvalue weighted by Gasteiger charge is 2.45. The minimum absolute atomic E-state index is 0.0770. The molecular weight excluding hydrogens is 641 g/mol. The molecule has 3 aromatic carbocycles. The van der Waals surface area contributed by atoms with Crippen molar-refractivity contribution in [1.29, 1.82) is 5.26 Å². The Morgan fingerprint density at radius 2 is 1.63 bits per heavy atom. The smallest absolute Gasteiger partial charge is 0.272 e. The van der Waals surface area contributed by atoms with Crippen molar-refractivity contribution in [3.63, 3.8) is 0 Å². The van der Waals surface area contributed by atoms with E-state index in [-0.39, 0.29) is 34.6 Å². The van der Waals surface area contributed by atoms with Crippen molar-refractivity contribution in [3.05, 3.63) is 107 Å². The first-order valence-electron chi connectivity index (χ1n) is 16.1. The molecule has 1 unspecified atom stereocenters. The van der Waals surface area contributed by atoms with Crippen LogP contribution < -0.4 is 9.47 Å². The third kappa shape index (κ3) is 7.05. The normalized spacial score (nSPS) is 18.3. The molecule has 1 fully saturated rings. The fraction of sp³-hybridized carbons (Fsp3) is 0.263. The van der Waals surface area contributed by atoms with Gasteiger partial charge in [-0.15, -0.1) is 0 Å². The summed E-state index contributed by atoms with van der Waals surface area (Å²) in [7, 11) is -1.93. The molecule has 10 nitrogen and oxygen atoms in total. The van der Waals surface area contributed by atoms with Gasteiger partial charge in [-0.3, -0.25) is 14.5 Å². The number of hydrogen-bond donors (Lipinski definition) is 0. The number of rotatable bonds is 10. The van der Waals surface area contributed by atoms with Gasteiger partial charge >= 0.3 is 0 Å². The number of hydrogen-bond acceptors (Lipinski definition) is 8. The molecule has 0 spiro atoms. The maximum atomic E-state index is 14.5. The minimum Gasteiger partial charge on any atom is -0.497 e. The molecule has 6 rings (SSSR count). The Bertz CT molecular complexity index is 2090. The molecular formula is C38H36N4O6S. The first kappa shape index (κ1) is 33.4. The van der Waals surface area contributed by atoms with Gasteiger partial charge in [-0.1, -0.05) is 44.2 Å². The highest BCUT2D eigenvalue weighted by Crippen LogP contribution is 2.39. The standard InChI is InChI=1S/C38H36N4O6S/c1-25(2)17-19-48-32-15-11-27(12-16-32)36-28(23-41(40-36)29-7-5-4-6-8-29)21-33-35(26-9-13-31(47-3)14-10-26)34(22-39)38(44)42(37(33)43)30-18-20-49(45,46)24-30/h4-16,21,23,25,30H,17-20,24H2,1-3H3/b33-21-. The summed E-state index contributed by atoms with van der Waals surface area (Å²) in [5, 5.41) is 15.3. The molecule has 0 N–H and O–H groups in total. The third-order valence-corrected chi connectivity index (χ3v) is 10.4. The van der Waals surface area contributed by atoms with Crippen LogP contribution in [0, 0.1) is 17.2 Å². The summed E-state index contributed by atoms with van der Waals surface area (Å²) in [6, 6.07) is 24.9. The van der Waals surface area contributed by atoms with Gasteiger partial charge in [0.1, 0.15) is 23.1 Å². The molecule has 49 heavy (non-hydrogen) atoms. The number of sulfone groups is 1. The quantitative estimate of drug-likeness (QED) is 0.150. The van der Waals surface area contributed by atoms with Crippen LogP contribution in [0.4, 0.5) is 0 Å². The number of carbonyl (C=O) groups is 2. The Morgan fingerprint density at radius 3 is 2.24 bits per heavy atom. The van der Waals surface area contributed by atoms with Gasteiger partial charge in [0.15, 0.2) is 9.84 Å². The Labute approximate surface area is 285 Å². The second-order valence-electron chi connectivity index (χ2n) is 12.5. The highest BCUT2D eigenvalue weighted by molar-refractivity contribution is 7.91. The molecule has 2 amide bonds. The van der Waals surface area contributed by atoms with Crippen LogP contribution in [0.3, 0.4) is 0 Å². The largest absolute Gasteiger partial charge is 0.497 e. The van der Waals surface area contributed by atoms with Crippen LogP contribution in [-0.2, 0) is 19.4 Å². The zero-order valence-corrected chi connectivity index (χ0v) is 28.3. The SMILES string of the molecule is COc1ccc(C2=C(C#N)C(=O)N(C3CCS(=O)(=O)C3)C(=O)/C2=C\c2cn(-c3ccccc3)nc2-c2ccc(OCCC(C)C)cc2)cc1. The van der Waals surface area contributed by atoms with Crippen molar-refractivity contribution < 1.29 is 27.5 Å². The molecule has 0 radical (unpaired) electrons. The summed E-state index contributed by atoms with van der Waals surface area (Å²) in [6.45, 7) is 4.88. The lowest BCUT2D eigenvalue weighted by atomic mass is 9.86. The number of ether oxygens (including phenoxy) is 2. The molecule has 4 aromatic rings. The fourth-order valence-electron chi connectivity index (χ4n) is 6.00. The number of nitriles is 1. The van der Waals surface area contributed by atoms with E-state index in [1.807, 2.05) is 60.7 Å². The van der Waals surface area contributed by atoms with Crippen molar-refractivity contribution >= 4 is 33.3 Å². The average Bonchev–Trinajstić information content (AvgIpc) is 3.69. The molecule has 250 valence electrons. The third-order valence-electron chi connectivity index (χ3n) is 8.62. The lowest BCUT2D eigenvalue weighted by molar-refractivity contribution is -0.142. The first-order valence-corrected chi connectivity index (χ1v) is 17.9. The second kappa shape index (κ2) is 13.9. The van der Waals surface area contributed by atoms with Crippen molar-refractivity contribution in [3.8, 4) is 34.5 Å². The number of amides is 2. The Kier molecular flexibility index (Phi) is 9.51. The molecule has 1 saturated heterocycles. The van der Waals surface area contributed by atoms with Gasteiger partial charge in [-0.25, -0.2) is 13.1 Å². The summed E-state index contributed by atoms with van der Waals surface area (Å²) in [5.41, 5.74) is 3.09. The summed E-state index contributed by atoms with van der Waals surface area (Å²) in [6.07, 6.45) is 4.45. The number of aromatic nitrogens is 2. The van der Waals surface area contributed by atoms with E-state index in [2.05, 4.69) is 13.8 Å². The average molecular weight is 677 g/mol. The topological polar surface area (TPSA) is 132 Å². The highest BCUT2D eigenvalue weighted by atomic mass is 32.2. The molecule has 2 aliphatic rings. The number of benzene rings is 3. The van der Waals surface area contributed by atoms with Gasteiger partial charge in [0.2, 0.25) is 0 Å². The number of nitrogens with zero attached hydrogens (tertiary/aromatic N) is 4. The molecule has 0 aliphatic carbocycles. The van der Waals surface area contributed by atoms with Gasteiger partial charge in [-0.05, 0) is 78.9 Å². The summed E-state index contributed by atoms with van der Waals surface area (Å²) in [5.74, 6) is -0.189. The van der Waals surface area contributed by atoms with Crippen LogP contribution >= 0.6 is 0 Å². The zero-order valence-electron chi connectivity index (χ0n) is 27.5. The molecule has 1 aromatic heterocycles. The van der Waals surface area contributed by atoms with Gasteiger partial charge in [0.05, 0.1) is 48.2 Å². The maximum Gasteiger partial charge on any atom is 0.272 e. The fourth-order valence-corrected chi connectivity index (χ4v) is 7.70. The Hall–Kier alpha value is -5.47. The van der Waals surface area contributed by atoms with Crippen molar-refractivity contribution in [2.75, 3.05) is 25.2 Å². The number of imide groups is 1. The van der Waals surface area contributed by atoms with Gasteiger partial charge < -0.3 is 9.47 Å². The summed E-state index contributed by atoms with van der Waals surface area (Å²) >= 11 is 0. The number of carbonyl (C=O) groups excluding carboxylic acids is 2. The van der Waals surface area contributed by atoms with Gasteiger partial charge in [0, 0.05) is 22.9 Å². The zero-order chi connectivity index (χ0) is 34.7. The Morgan fingerprint density at radius 1 is 0.959 bits per heavy atom.